The number of amides is 2. The number of piperazine rings is 1. The molecule has 0 spiro atoms. The van der Waals surface area contributed by atoms with Crippen LogP contribution in [0.1, 0.15) is 16.7 Å². The number of rotatable bonds is 11. The van der Waals surface area contributed by atoms with Crippen molar-refractivity contribution in [3.63, 3.8) is 0 Å². The summed E-state index contributed by atoms with van der Waals surface area (Å²) in [5.74, 6) is 0.903. The van der Waals surface area contributed by atoms with Gasteiger partial charge in [0.25, 0.3) is 0 Å². The second-order valence-electron chi connectivity index (χ2n) is 13.5. The van der Waals surface area contributed by atoms with E-state index in [0.717, 1.165) is 25.2 Å². The smallest absolute Gasteiger partial charge is 0.416 e. The van der Waals surface area contributed by atoms with Crippen molar-refractivity contribution in [3.8, 4) is 11.5 Å². The SMILES string of the molecule is Cc1cc(Oc2ccnc3c2c(Cl)c(Cl)n3COCC[Si](C)(C)C)ccc1NC(=O)Nc1ccc(CN2CCN(C)CC2)c(C(F)(F)F)c1. The molecule has 0 aliphatic carbocycles. The summed E-state index contributed by atoms with van der Waals surface area (Å²) in [6.07, 6.45) is -2.97. The molecule has 3 heterocycles. The first kappa shape index (κ1) is 36.9. The Kier molecular flexibility index (Phi) is 11.5. The molecule has 0 radical (unpaired) electrons. The molecule has 1 saturated heterocycles. The van der Waals surface area contributed by atoms with Gasteiger partial charge in [0.2, 0.25) is 0 Å². The largest absolute Gasteiger partial charge is 0.456 e. The monoisotopic (exact) mass is 736 g/mol. The number of anilines is 2. The number of benzene rings is 2. The van der Waals surface area contributed by atoms with E-state index in [1.54, 1.807) is 42.0 Å². The Labute approximate surface area is 295 Å². The number of hydrogen-bond acceptors (Lipinski definition) is 6. The van der Waals surface area contributed by atoms with E-state index < -0.39 is 25.8 Å². The van der Waals surface area contributed by atoms with Gasteiger partial charge in [-0.3, -0.25) is 9.47 Å². The van der Waals surface area contributed by atoms with Crippen molar-refractivity contribution in [3.05, 3.63) is 75.5 Å². The van der Waals surface area contributed by atoms with Crippen molar-refractivity contribution in [2.24, 2.45) is 0 Å². The van der Waals surface area contributed by atoms with Crippen LogP contribution in [0.25, 0.3) is 11.0 Å². The van der Waals surface area contributed by atoms with Crippen molar-refractivity contribution >= 4 is 59.7 Å². The second-order valence-corrected chi connectivity index (χ2v) is 19.9. The molecular weight excluding hydrogens is 696 g/mol. The summed E-state index contributed by atoms with van der Waals surface area (Å²) in [6, 6.07) is 10.9. The molecule has 2 aromatic carbocycles. The number of fused-ring (bicyclic) bond motifs is 1. The first-order valence-corrected chi connectivity index (χ1v) is 20.4. The molecule has 2 aromatic heterocycles. The van der Waals surface area contributed by atoms with E-state index in [0.29, 0.717) is 63.7 Å². The van der Waals surface area contributed by atoms with Crippen LogP contribution in [0.5, 0.6) is 11.5 Å². The number of likely N-dealkylation sites (N-methyl/N-ethyl adjacent to an activating group) is 1. The quantitative estimate of drug-likeness (QED) is 0.118. The van der Waals surface area contributed by atoms with Gasteiger partial charge in [-0.2, -0.15) is 13.2 Å². The molecule has 0 unspecified atom stereocenters. The Morgan fingerprint density at radius 2 is 1.76 bits per heavy atom. The predicted molar refractivity (Wildman–Crippen MR) is 192 cm³/mol. The molecule has 0 saturated carbocycles. The molecule has 0 atom stereocenters. The summed E-state index contributed by atoms with van der Waals surface area (Å²) in [7, 11) is 0.733. The summed E-state index contributed by atoms with van der Waals surface area (Å²) >= 11 is 13.2. The van der Waals surface area contributed by atoms with Gasteiger partial charge in [0.15, 0.2) is 0 Å². The van der Waals surface area contributed by atoms with Gasteiger partial charge in [0.05, 0.1) is 16.0 Å². The minimum absolute atomic E-state index is 0.0372. The second kappa shape index (κ2) is 15.3. The number of hydrogen-bond donors (Lipinski definition) is 2. The molecule has 1 aliphatic heterocycles. The van der Waals surface area contributed by atoms with Gasteiger partial charge in [-0.05, 0) is 67.5 Å². The molecule has 15 heteroatoms. The van der Waals surface area contributed by atoms with E-state index in [-0.39, 0.29) is 24.5 Å². The van der Waals surface area contributed by atoms with Crippen LogP contribution in [-0.2, 0) is 24.2 Å². The lowest BCUT2D eigenvalue weighted by atomic mass is 10.0. The Morgan fingerprint density at radius 3 is 2.43 bits per heavy atom. The van der Waals surface area contributed by atoms with Gasteiger partial charge in [0, 0.05) is 65.0 Å². The molecule has 1 fully saturated rings. The highest BCUT2D eigenvalue weighted by molar-refractivity contribution is 6.76. The average molecular weight is 738 g/mol. The molecule has 4 aromatic rings. The number of ether oxygens (including phenoxy) is 2. The zero-order valence-corrected chi connectivity index (χ0v) is 30.7. The molecule has 49 heavy (non-hydrogen) atoms. The van der Waals surface area contributed by atoms with Gasteiger partial charge in [0.1, 0.15) is 29.0 Å². The molecule has 0 bridgehead atoms. The Hall–Kier alpha value is -3.33. The Morgan fingerprint density at radius 1 is 1.02 bits per heavy atom. The number of aromatic nitrogens is 2. The summed E-state index contributed by atoms with van der Waals surface area (Å²) < 4.78 is 55.8. The third-order valence-corrected chi connectivity index (χ3v) is 10.9. The third-order valence-electron chi connectivity index (χ3n) is 8.34. The first-order chi connectivity index (χ1) is 23.1. The Bertz CT molecular complexity index is 1810. The molecule has 2 amide bonds. The van der Waals surface area contributed by atoms with Crippen LogP contribution in [0.2, 0.25) is 35.9 Å². The number of nitrogens with one attached hydrogen (secondary N) is 2. The first-order valence-electron chi connectivity index (χ1n) is 16.0. The number of aryl methyl sites for hydroxylation is 1. The van der Waals surface area contributed by atoms with E-state index >= 15 is 0 Å². The lowest BCUT2D eigenvalue weighted by molar-refractivity contribution is -0.138. The van der Waals surface area contributed by atoms with Crippen LogP contribution in [0.3, 0.4) is 0 Å². The maximum Gasteiger partial charge on any atom is 0.416 e. The Balaban J connectivity index is 1.25. The standard InChI is InChI=1S/C34H41Cl2F3N6O3Si/c1-22-18-25(48-28-10-11-40-32-29(28)30(35)31(36)45(32)21-47-16-17-49(3,4)5)8-9-27(22)42-33(46)41-24-7-6-23(26(19-24)34(37,38)39)20-44-14-12-43(2)13-15-44/h6-11,18-19H,12-17,20-21H2,1-5H3,(H2,41,42,46). The topological polar surface area (TPSA) is 83.9 Å². The minimum Gasteiger partial charge on any atom is -0.456 e. The fraction of sp³-hybridized carbons (Fsp3) is 0.412. The highest BCUT2D eigenvalue weighted by atomic mass is 35.5. The van der Waals surface area contributed by atoms with Crippen molar-refractivity contribution in [2.75, 3.05) is 50.5 Å². The van der Waals surface area contributed by atoms with E-state index in [1.807, 2.05) is 11.9 Å². The van der Waals surface area contributed by atoms with Gasteiger partial charge < -0.3 is 25.0 Å². The van der Waals surface area contributed by atoms with E-state index in [9.17, 15) is 18.0 Å². The fourth-order valence-electron chi connectivity index (χ4n) is 5.45. The van der Waals surface area contributed by atoms with E-state index in [1.165, 1.54) is 12.1 Å². The van der Waals surface area contributed by atoms with Crippen LogP contribution in [0.4, 0.5) is 29.3 Å². The van der Waals surface area contributed by atoms with Crippen LogP contribution < -0.4 is 15.4 Å². The number of nitrogens with zero attached hydrogens (tertiary/aromatic N) is 4. The van der Waals surface area contributed by atoms with Crippen molar-refractivity contribution in [2.45, 2.75) is 52.1 Å². The number of pyridine rings is 1. The van der Waals surface area contributed by atoms with Crippen LogP contribution in [-0.4, -0.2) is 73.3 Å². The van der Waals surface area contributed by atoms with Crippen LogP contribution >= 0.6 is 23.2 Å². The molecule has 2 N–H and O–H groups in total. The fourth-order valence-corrected chi connectivity index (χ4v) is 6.71. The normalized spacial score (nSPS) is 14.7. The van der Waals surface area contributed by atoms with Crippen molar-refractivity contribution < 1.29 is 27.4 Å². The molecule has 264 valence electrons. The van der Waals surface area contributed by atoms with E-state index in [2.05, 4.69) is 40.2 Å². The molecular formula is C34H41Cl2F3N6O3Si. The lowest BCUT2D eigenvalue weighted by Gasteiger charge is -2.33. The molecule has 5 rings (SSSR count). The van der Waals surface area contributed by atoms with Crippen LogP contribution in [0.15, 0.2) is 48.7 Å². The average Bonchev–Trinajstić information content (AvgIpc) is 3.27. The van der Waals surface area contributed by atoms with Gasteiger partial charge in [-0.25, -0.2) is 9.78 Å². The van der Waals surface area contributed by atoms with Gasteiger partial charge in [-0.15, -0.1) is 0 Å². The number of urea groups is 1. The lowest BCUT2D eigenvalue weighted by Crippen LogP contribution is -2.44. The van der Waals surface area contributed by atoms with Crippen LogP contribution in [0, 0.1) is 6.92 Å². The zero-order chi connectivity index (χ0) is 35.5. The highest BCUT2D eigenvalue weighted by Crippen LogP contribution is 2.41. The minimum atomic E-state index is -4.57. The maximum atomic E-state index is 14.0. The summed E-state index contributed by atoms with van der Waals surface area (Å²) in [6.45, 7) is 12.6. The predicted octanol–water partition coefficient (Wildman–Crippen LogP) is 9.17. The number of alkyl halides is 3. The molecule has 9 nitrogen and oxygen atoms in total. The summed E-state index contributed by atoms with van der Waals surface area (Å²) in [5.41, 5.74) is 1.08. The van der Waals surface area contributed by atoms with Crippen molar-refractivity contribution in [1.29, 1.82) is 0 Å². The maximum absolute atomic E-state index is 14.0. The number of halogens is 5. The van der Waals surface area contributed by atoms with Gasteiger partial charge in [-0.1, -0.05) is 48.9 Å². The van der Waals surface area contributed by atoms with Crippen molar-refractivity contribution in [1.82, 2.24) is 19.4 Å². The zero-order valence-electron chi connectivity index (χ0n) is 28.2. The summed E-state index contributed by atoms with van der Waals surface area (Å²) in [4.78, 5) is 21.5. The number of carbonyl (C=O) groups is 1. The van der Waals surface area contributed by atoms with Gasteiger partial charge >= 0.3 is 12.2 Å². The number of carbonyl (C=O) groups excluding carboxylic acids is 1. The van der Waals surface area contributed by atoms with E-state index in [4.69, 9.17) is 32.7 Å². The summed E-state index contributed by atoms with van der Waals surface area (Å²) in [5, 5.41) is 6.37. The third kappa shape index (κ3) is 9.47. The highest BCUT2D eigenvalue weighted by Gasteiger charge is 2.34. The molecule has 1 aliphatic rings.